The number of nitrogen functional groups attached to an aromatic ring is 1. The SMILES string of the molecule is CN(CC1CCCO1)C(=O)Cc1ccc(N)cc1.Cl. The van der Waals surface area contributed by atoms with E-state index in [1.54, 1.807) is 4.90 Å². The quantitative estimate of drug-likeness (QED) is 0.859. The zero-order valence-corrected chi connectivity index (χ0v) is 12.0. The van der Waals surface area contributed by atoms with Gasteiger partial charge >= 0.3 is 0 Å². The summed E-state index contributed by atoms with van der Waals surface area (Å²) in [4.78, 5) is 13.8. The normalized spacial score (nSPS) is 17.8. The van der Waals surface area contributed by atoms with Gasteiger partial charge in [-0.05, 0) is 30.5 Å². The first-order valence-corrected chi connectivity index (χ1v) is 6.35. The number of nitrogens with zero attached hydrogens (tertiary/aromatic N) is 1. The van der Waals surface area contributed by atoms with E-state index in [4.69, 9.17) is 10.5 Å². The Balaban J connectivity index is 0.00000180. The maximum absolute atomic E-state index is 12.0. The summed E-state index contributed by atoms with van der Waals surface area (Å²) in [6.45, 7) is 1.51. The molecule has 1 unspecified atom stereocenters. The second-order valence-electron chi connectivity index (χ2n) is 4.83. The van der Waals surface area contributed by atoms with Crippen molar-refractivity contribution in [3.63, 3.8) is 0 Å². The van der Waals surface area contributed by atoms with Gasteiger partial charge in [0.15, 0.2) is 0 Å². The smallest absolute Gasteiger partial charge is 0.226 e. The number of nitrogens with two attached hydrogens (primary N) is 1. The zero-order valence-electron chi connectivity index (χ0n) is 11.2. The van der Waals surface area contributed by atoms with E-state index in [1.807, 2.05) is 31.3 Å². The monoisotopic (exact) mass is 284 g/mol. The molecule has 1 aliphatic heterocycles. The van der Waals surface area contributed by atoms with Crippen LogP contribution in [0.5, 0.6) is 0 Å². The molecule has 0 radical (unpaired) electrons. The number of benzene rings is 1. The lowest BCUT2D eigenvalue weighted by atomic mass is 10.1. The molecule has 0 bridgehead atoms. The van der Waals surface area contributed by atoms with Crippen molar-refractivity contribution in [1.82, 2.24) is 4.90 Å². The fourth-order valence-corrected chi connectivity index (χ4v) is 2.14. The summed E-state index contributed by atoms with van der Waals surface area (Å²) >= 11 is 0. The van der Waals surface area contributed by atoms with Crippen molar-refractivity contribution in [3.05, 3.63) is 29.8 Å². The Morgan fingerprint density at radius 3 is 2.68 bits per heavy atom. The molecule has 2 rings (SSSR count). The predicted octanol–water partition coefficient (Wildman–Crippen LogP) is 1.87. The summed E-state index contributed by atoms with van der Waals surface area (Å²) in [7, 11) is 1.83. The van der Waals surface area contributed by atoms with Gasteiger partial charge in [0.2, 0.25) is 5.91 Å². The van der Waals surface area contributed by atoms with Gasteiger partial charge in [-0.1, -0.05) is 12.1 Å². The van der Waals surface area contributed by atoms with Crippen molar-refractivity contribution in [2.24, 2.45) is 0 Å². The Morgan fingerprint density at radius 2 is 2.11 bits per heavy atom. The fourth-order valence-electron chi connectivity index (χ4n) is 2.14. The molecule has 1 aliphatic rings. The standard InChI is InChI=1S/C14H20N2O2.ClH/c1-16(10-13-3-2-8-18-13)14(17)9-11-4-6-12(15)7-5-11;/h4-7,13H,2-3,8-10,15H2,1H3;1H. The van der Waals surface area contributed by atoms with Crippen molar-refractivity contribution in [1.29, 1.82) is 0 Å². The number of anilines is 1. The van der Waals surface area contributed by atoms with Gasteiger partial charge in [0, 0.05) is 25.9 Å². The second kappa shape index (κ2) is 7.36. The summed E-state index contributed by atoms with van der Waals surface area (Å²) in [5, 5.41) is 0. The van der Waals surface area contributed by atoms with E-state index in [-0.39, 0.29) is 24.4 Å². The van der Waals surface area contributed by atoms with Crippen LogP contribution in [0.4, 0.5) is 5.69 Å². The maximum atomic E-state index is 12.0. The highest BCUT2D eigenvalue weighted by atomic mass is 35.5. The number of carbonyl (C=O) groups is 1. The number of hydrogen-bond acceptors (Lipinski definition) is 3. The van der Waals surface area contributed by atoms with Crippen LogP contribution in [-0.4, -0.2) is 37.1 Å². The van der Waals surface area contributed by atoms with Gasteiger partial charge < -0.3 is 15.4 Å². The van der Waals surface area contributed by atoms with Gasteiger partial charge in [0.25, 0.3) is 0 Å². The van der Waals surface area contributed by atoms with Gasteiger partial charge in [-0.3, -0.25) is 4.79 Å². The van der Waals surface area contributed by atoms with Gasteiger partial charge in [0.05, 0.1) is 12.5 Å². The molecule has 2 N–H and O–H groups in total. The average molecular weight is 285 g/mol. The molecule has 19 heavy (non-hydrogen) atoms. The van der Waals surface area contributed by atoms with Crippen LogP contribution in [0, 0.1) is 0 Å². The van der Waals surface area contributed by atoms with Gasteiger partial charge in [0.1, 0.15) is 0 Å². The minimum absolute atomic E-state index is 0. The molecular weight excluding hydrogens is 264 g/mol. The van der Waals surface area contributed by atoms with Crippen LogP contribution >= 0.6 is 12.4 Å². The summed E-state index contributed by atoms with van der Waals surface area (Å²) in [5.41, 5.74) is 7.33. The van der Waals surface area contributed by atoms with Crippen LogP contribution in [0.15, 0.2) is 24.3 Å². The molecule has 0 aromatic heterocycles. The van der Waals surface area contributed by atoms with E-state index < -0.39 is 0 Å². The summed E-state index contributed by atoms with van der Waals surface area (Å²) in [5.74, 6) is 0.121. The number of rotatable bonds is 4. The topological polar surface area (TPSA) is 55.6 Å². The van der Waals surface area contributed by atoms with Gasteiger partial charge in [-0.15, -0.1) is 12.4 Å². The molecule has 0 saturated carbocycles. The Bertz CT molecular complexity index is 402. The Morgan fingerprint density at radius 1 is 1.42 bits per heavy atom. The minimum atomic E-state index is 0. The summed E-state index contributed by atoms with van der Waals surface area (Å²) in [6, 6.07) is 7.44. The molecule has 1 aromatic rings. The Labute approximate surface area is 120 Å². The number of hydrogen-bond donors (Lipinski definition) is 1. The van der Waals surface area contributed by atoms with Crippen LogP contribution in [0.2, 0.25) is 0 Å². The molecular formula is C14H21ClN2O2. The third-order valence-electron chi connectivity index (χ3n) is 3.26. The van der Waals surface area contributed by atoms with Gasteiger partial charge in [-0.2, -0.15) is 0 Å². The maximum Gasteiger partial charge on any atom is 0.226 e. The van der Waals surface area contributed by atoms with Crippen LogP contribution in [0.25, 0.3) is 0 Å². The van der Waals surface area contributed by atoms with Crippen LogP contribution in [0.3, 0.4) is 0 Å². The fraction of sp³-hybridized carbons (Fsp3) is 0.500. The number of likely N-dealkylation sites (N-methyl/N-ethyl adjacent to an activating group) is 1. The number of amides is 1. The molecule has 1 amide bonds. The predicted molar refractivity (Wildman–Crippen MR) is 78.4 cm³/mol. The van der Waals surface area contributed by atoms with Crippen LogP contribution < -0.4 is 5.73 Å². The van der Waals surface area contributed by atoms with Crippen molar-refractivity contribution in [2.45, 2.75) is 25.4 Å². The second-order valence-corrected chi connectivity index (χ2v) is 4.83. The highest BCUT2D eigenvalue weighted by Gasteiger charge is 2.19. The molecule has 106 valence electrons. The first-order chi connectivity index (χ1) is 8.65. The molecule has 0 spiro atoms. The molecule has 1 saturated heterocycles. The lowest BCUT2D eigenvalue weighted by molar-refractivity contribution is -0.130. The first-order valence-electron chi connectivity index (χ1n) is 6.35. The van der Waals surface area contributed by atoms with E-state index in [9.17, 15) is 4.79 Å². The van der Waals surface area contributed by atoms with E-state index >= 15 is 0 Å². The van der Waals surface area contributed by atoms with Crippen molar-refractivity contribution < 1.29 is 9.53 Å². The Hall–Kier alpha value is -1.26. The highest BCUT2D eigenvalue weighted by Crippen LogP contribution is 2.13. The summed E-state index contributed by atoms with van der Waals surface area (Å²) < 4.78 is 5.53. The lowest BCUT2D eigenvalue weighted by Crippen LogP contribution is -2.35. The Kier molecular flexibility index (Phi) is 6.12. The van der Waals surface area contributed by atoms with E-state index in [2.05, 4.69) is 0 Å². The van der Waals surface area contributed by atoms with Crippen molar-refractivity contribution in [2.75, 3.05) is 25.9 Å². The van der Waals surface area contributed by atoms with E-state index in [0.717, 1.165) is 30.7 Å². The molecule has 1 atom stereocenters. The molecule has 1 fully saturated rings. The van der Waals surface area contributed by atoms with Gasteiger partial charge in [-0.25, -0.2) is 0 Å². The average Bonchev–Trinajstić information content (AvgIpc) is 2.85. The first kappa shape index (κ1) is 15.8. The lowest BCUT2D eigenvalue weighted by Gasteiger charge is -2.20. The van der Waals surface area contributed by atoms with E-state index in [0.29, 0.717) is 13.0 Å². The molecule has 5 heteroatoms. The third kappa shape index (κ3) is 4.73. The largest absolute Gasteiger partial charge is 0.399 e. The van der Waals surface area contributed by atoms with Crippen molar-refractivity contribution >= 4 is 24.0 Å². The van der Waals surface area contributed by atoms with Crippen LogP contribution in [-0.2, 0) is 16.0 Å². The van der Waals surface area contributed by atoms with Crippen LogP contribution in [0.1, 0.15) is 18.4 Å². The molecule has 1 heterocycles. The third-order valence-corrected chi connectivity index (χ3v) is 3.26. The molecule has 0 aliphatic carbocycles. The highest BCUT2D eigenvalue weighted by molar-refractivity contribution is 5.85. The molecule has 1 aromatic carbocycles. The summed E-state index contributed by atoms with van der Waals surface area (Å²) in [6.07, 6.45) is 2.79. The van der Waals surface area contributed by atoms with Crippen molar-refractivity contribution in [3.8, 4) is 0 Å². The molecule has 4 nitrogen and oxygen atoms in total. The number of halogens is 1. The zero-order chi connectivity index (χ0) is 13.0. The number of ether oxygens (including phenoxy) is 1. The minimum Gasteiger partial charge on any atom is -0.399 e. The number of carbonyl (C=O) groups excluding carboxylic acids is 1. The van der Waals surface area contributed by atoms with E-state index in [1.165, 1.54) is 0 Å².